The maximum Gasteiger partial charge on any atom is 1.00 e. The molecule has 0 amide bonds. The molecule has 1 heterocycles. The molecule has 1 saturated carbocycles. The van der Waals surface area contributed by atoms with Gasteiger partial charge in [0, 0.05) is 37.1 Å². The average Bonchev–Trinajstić information content (AvgIpc) is 3.38. The number of ether oxygens (including phenoxy) is 1. The van der Waals surface area contributed by atoms with E-state index in [1.54, 1.807) is 19.9 Å². The summed E-state index contributed by atoms with van der Waals surface area (Å²) in [5.41, 5.74) is 1.92. The number of esters is 1. The molecule has 1 aromatic heterocycles. The van der Waals surface area contributed by atoms with Crippen molar-refractivity contribution in [3.05, 3.63) is 29.7 Å². The van der Waals surface area contributed by atoms with Crippen LogP contribution in [0, 0.1) is 23.7 Å². The number of allylic oxidation sites excluding steroid dienone is 1. The number of carboxylic acids is 1. The number of aliphatic hydroxyl groups excluding tert-OH is 1. The molecule has 0 saturated heterocycles. The number of hydrogen-bond donors (Lipinski definition) is 1. The summed E-state index contributed by atoms with van der Waals surface area (Å²) in [6, 6.07) is 0. The fourth-order valence-corrected chi connectivity index (χ4v) is 5.02. The minimum atomic E-state index is -1.43. The van der Waals surface area contributed by atoms with Gasteiger partial charge in [0.1, 0.15) is 24.8 Å². The predicted molar refractivity (Wildman–Crippen MR) is 131 cm³/mol. The molecule has 0 spiro atoms. The van der Waals surface area contributed by atoms with E-state index in [1.165, 1.54) is 12.5 Å². The van der Waals surface area contributed by atoms with Gasteiger partial charge in [-0.1, -0.05) is 31.1 Å². The molecular weight excluding hydrogens is 519 g/mol. The number of rotatable bonds is 13. The van der Waals surface area contributed by atoms with Crippen LogP contribution in [0.1, 0.15) is 71.3 Å². The van der Waals surface area contributed by atoms with Crippen molar-refractivity contribution in [2.75, 3.05) is 0 Å². The molecule has 2 aliphatic carbocycles. The molecule has 0 radical (unpaired) electrons. The third kappa shape index (κ3) is 9.09. The summed E-state index contributed by atoms with van der Waals surface area (Å²) in [7, 11) is 0. The standard InChI is InChI=1S/C27H36N2O9.Na/c1-4-15(2)27(35)38-24-8-7-22(29-37-14-17-12-28-36-13-17)21-11-23(32)16(3)20(26(21)24)6-5-18(30)9-19(31)10-25(33)34;/h11-13,15-16,19-20,24,26,31H,4-10,14H2,1-3H3,(H,33,34);/q;+1/p-1/b29-22+;. The van der Waals surface area contributed by atoms with Gasteiger partial charge in [0.2, 0.25) is 0 Å². The van der Waals surface area contributed by atoms with Gasteiger partial charge in [-0.3, -0.25) is 14.4 Å². The Bertz CT molecular complexity index is 1070. The quantitative estimate of drug-likeness (QED) is 0.180. The number of hydrogen-bond acceptors (Lipinski definition) is 11. The second-order valence-corrected chi connectivity index (χ2v) is 10.2. The van der Waals surface area contributed by atoms with E-state index in [1.807, 2.05) is 6.92 Å². The van der Waals surface area contributed by atoms with E-state index in [9.17, 15) is 29.4 Å². The Morgan fingerprint density at radius 2 is 2.05 bits per heavy atom. The number of carbonyl (C=O) groups excluding carboxylic acids is 4. The normalized spacial score (nSPS) is 25.1. The van der Waals surface area contributed by atoms with Crippen LogP contribution in [0.25, 0.3) is 0 Å². The van der Waals surface area contributed by atoms with Crippen molar-refractivity contribution in [1.82, 2.24) is 5.16 Å². The third-order valence-electron chi connectivity index (χ3n) is 7.40. The number of ketones is 2. The Labute approximate surface area is 249 Å². The Kier molecular flexibility index (Phi) is 13.0. The van der Waals surface area contributed by atoms with E-state index in [2.05, 4.69) is 10.3 Å². The zero-order chi connectivity index (χ0) is 27.8. The van der Waals surface area contributed by atoms with Gasteiger partial charge in [0.05, 0.1) is 29.5 Å². The second kappa shape index (κ2) is 15.4. The van der Waals surface area contributed by atoms with Gasteiger partial charge >= 0.3 is 35.5 Å². The van der Waals surface area contributed by atoms with Crippen LogP contribution in [0.3, 0.4) is 0 Å². The molecule has 1 fully saturated rings. The van der Waals surface area contributed by atoms with Gasteiger partial charge < -0.3 is 29.1 Å². The van der Waals surface area contributed by atoms with E-state index >= 15 is 0 Å². The van der Waals surface area contributed by atoms with Crippen LogP contribution >= 0.6 is 0 Å². The zero-order valence-corrected chi connectivity index (χ0v) is 25.0. The van der Waals surface area contributed by atoms with Gasteiger partial charge in [-0.2, -0.15) is 0 Å². The number of aliphatic hydroxyl groups is 1. The molecule has 0 aromatic carbocycles. The third-order valence-corrected chi connectivity index (χ3v) is 7.40. The van der Waals surface area contributed by atoms with Gasteiger partial charge in [0.25, 0.3) is 0 Å². The minimum Gasteiger partial charge on any atom is -0.550 e. The van der Waals surface area contributed by atoms with Crippen molar-refractivity contribution >= 4 is 29.2 Å². The average molecular weight is 555 g/mol. The summed E-state index contributed by atoms with van der Waals surface area (Å²) in [4.78, 5) is 54.4. The summed E-state index contributed by atoms with van der Waals surface area (Å²) in [6.07, 6.45) is 3.62. The predicted octanol–water partition coefficient (Wildman–Crippen LogP) is -1.08. The van der Waals surface area contributed by atoms with Crippen molar-refractivity contribution in [2.45, 2.75) is 84.5 Å². The molecule has 0 aliphatic heterocycles. The Morgan fingerprint density at radius 3 is 2.69 bits per heavy atom. The van der Waals surface area contributed by atoms with Crippen LogP contribution < -0.4 is 34.7 Å². The van der Waals surface area contributed by atoms with Gasteiger partial charge in [0.15, 0.2) is 5.78 Å². The first-order valence-electron chi connectivity index (χ1n) is 13.0. The van der Waals surface area contributed by atoms with Crippen LogP contribution in [-0.2, 0) is 35.4 Å². The van der Waals surface area contributed by atoms with Gasteiger partial charge in [-0.25, -0.2) is 0 Å². The molecule has 1 aromatic rings. The molecule has 0 bridgehead atoms. The van der Waals surface area contributed by atoms with Crippen LogP contribution in [-0.4, -0.2) is 51.7 Å². The zero-order valence-electron chi connectivity index (χ0n) is 23.0. The summed E-state index contributed by atoms with van der Waals surface area (Å²) >= 11 is 0. The minimum absolute atomic E-state index is 0. The molecule has 11 nitrogen and oxygen atoms in total. The topological polar surface area (TPSA) is 168 Å². The summed E-state index contributed by atoms with van der Waals surface area (Å²) < 4.78 is 10.7. The molecule has 3 rings (SSSR count). The first-order valence-corrected chi connectivity index (χ1v) is 13.0. The number of aromatic nitrogens is 1. The number of fused-ring (bicyclic) bond motifs is 1. The molecule has 6 atom stereocenters. The van der Waals surface area contributed by atoms with Crippen LogP contribution in [0.15, 0.2) is 33.8 Å². The van der Waals surface area contributed by atoms with Crippen molar-refractivity contribution in [2.24, 2.45) is 28.8 Å². The van der Waals surface area contributed by atoms with Crippen LogP contribution in [0.4, 0.5) is 0 Å². The summed E-state index contributed by atoms with van der Waals surface area (Å²) in [5.74, 6) is -3.60. The maximum absolute atomic E-state index is 13.0. The van der Waals surface area contributed by atoms with E-state index in [4.69, 9.17) is 14.1 Å². The van der Waals surface area contributed by atoms with Crippen molar-refractivity contribution in [3.63, 3.8) is 0 Å². The smallest absolute Gasteiger partial charge is 0.550 e. The molecule has 12 heteroatoms. The van der Waals surface area contributed by atoms with E-state index in [0.29, 0.717) is 42.5 Å². The number of Topliss-reactive ketones (excluding diaryl/α,β-unsaturated/α-hetero) is 1. The molecule has 2 aliphatic rings. The number of carboxylic acid groups (broad SMARTS) is 1. The Morgan fingerprint density at radius 1 is 1.31 bits per heavy atom. The van der Waals surface area contributed by atoms with Crippen molar-refractivity contribution in [3.8, 4) is 0 Å². The Balaban J connectivity index is 0.00000533. The Hall–Kier alpha value is -2.34. The molecule has 1 N–H and O–H groups in total. The SMILES string of the molecule is CCC(C)C(=O)OC1CC/C(=N\OCc2cnoc2)C2=CC(=O)C(C)C(CCC(=O)CC(O)CC(=O)[O-])C21.[Na+]. The number of nitrogens with zero attached hydrogens (tertiary/aromatic N) is 2. The first kappa shape index (κ1) is 32.9. The number of aliphatic carboxylic acids is 1. The van der Waals surface area contributed by atoms with Crippen molar-refractivity contribution < 1.29 is 73.0 Å². The van der Waals surface area contributed by atoms with Gasteiger partial charge in [-0.05, 0) is 43.3 Å². The summed E-state index contributed by atoms with van der Waals surface area (Å²) in [5, 5.41) is 28.4. The first-order chi connectivity index (χ1) is 18.1. The van der Waals surface area contributed by atoms with E-state index < -0.39 is 30.5 Å². The molecule has 39 heavy (non-hydrogen) atoms. The van der Waals surface area contributed by atoms with Crippen molar-refractivity contribution in [1.29, 1.82) is 0 Å². The van der Waals surface area contributed by atoms with Gasteiger partial charge in [-0.15, -0.1) is 0 Å². The maximum atomic E-state index is 13.0. The monoisotopic (exact) mass is 554 g/mol. The number of oxime groups is 1. The summed E-state index contributed by atoms with van der Waals surface area (Å²) in [6.45, 7) is 5.62. The molecule has 208 valence electrons. The number of carbonyl (C=O) groups is 4. The second-order valence-electron chi connectivity index (χ2n) is 10.2. The van der Waals surface area contributed by atoms with Crippen LogP contribution in [0.5, 0.6) is 0 Å². The van der Waals surface area contributed by atoms with Crippen LogP contribution in [0.2, 0.25) is 0 Å². The largest absolute Gasteiger partial charge is 1.00 e. The fraction of sp³-hybridized carbons (Fsp3) is 0.630. The van der Waals surface area contributed by atoms with E-state index in [-0.39, 0.29) is 84.3 Å². The molecule has 6 unspecified atom stereocenters. The van der Waals surface area contributed by atoms with E-state index in [0.717, 1.165) is 0 Å². The molecular formula is C27H35N2NaO9. The fourth-order valence-electron chi connectivity index (χ4n) is 5.02.